The van der Waals surface area contributed by atoms with Crippen molar-refractivity contribution in [2.45, 2.75) is 31.6 Å². The minimum Gasteiger partial charge on any atom is -0.316 e. The zero-order chi connectivity index (χ0) is 13.1. The fraction of sp³-hybridized carbons (Fsp3) is 0.647. The maximum Gasteiger partial charge on any atom is 0.00766 e. The normalized spacial score (nSPS) is 30.9. The molecule has 0 aromatic heterocycles. The lowest BCUT2D eigenvalue weighted by Crippen LogP contribution is -2.38. The van der Waals surface area contributed by atoms with Crippen LogP contribution in [-0.2, 0) is 5.41 Å². The molecule has 112 valence electrons. The molecule has 2 aliphatic heterocycles. The monoisotopic (exact) mass is 294 g/mol. The molecule has 1 aromatic carbocycles. The van der Waals surface area contributed by atoms with Gasteiger partial charge in [-0.1, -0.05) is 37.3 Å². The molecule has 2 unspecified atom stereocenters. The number of hydrogen-bond donors (Lipinski definition) is 1. The van der Waals surface area contributed by atoms with Crippen molar-refractivity contribution in [3.8, 4) is 0 Å². The smallest absolute Gasteiger partial charge is 0.00766 e. The summed E-state index contributed by atoms with van der Waals surface area (Å²) >= 11 is 0. The van der Waals surface area contributed by atoms with Crippen LogP contribution in [0.2, 0.25) is 0 Å². The van der Waals surface area contributed by atoms with Gasteiger partial charge in [0.1, 0.15) is 0 Å². The summed E-state index contributed by atoms with van der Waals surface area (Å²) in [5.41, 5.74) is 1.88. The molecule has 2 atom stereocenters. The summed E-state index contributed by atoms with van der Waals surface area (Å²) in [5.74, 6) is 0.867. The Hall–Kier alpha value is -0.570. The van der Waals surface area contributed by atoms with Crippen LogP contribution < -0.4 is 5.32 Å². The summed E-state index contributed by atoms with van der Waals surface area (Å²) in [7, 11) is 0. The topological polar surface area (TPSA) is 15.3 Å². The summed E-state index contributed by atoms with van der Waals surface area (Å²) in [4.78, 5) is 2.69. The molecule has 0 bridgehead atoms. The number of piperidine rings is 1. The van der Waals surface area contributed by atoms with Gasteiger partial charge >= 0.3 is 0 Å². The number of hydrogen-bond acceptors (Lipinski definition) is 2. The number of likely N-dealkylation sites (tertiary alicyclic amines) is 1. The Kier molecular flexibility index (Phi) is 5.48. The first kappa shape index (κ1) is 15.8. The second-order valence-corrected chi connectivity index (χ2v) is 6.62. The molecule has 0 radical (unpaired) electrons. The highest BCUT2D eigenvalue weighted by Gasteiger charge is 2.35. The first-order valence-corrected chi connectivity index (χ1v) is 7.75. The van der Waals surface area contributed by atoms with Crippen molar-refractivity contribution in [2.24, 2.45) is 5.92 Å². The van der Waals surface area contributed by atoms with Gasteiger partial charge in [0, 0.05) is 18.5 Å². The van der Waals surface area contributed by atoms with Crippen molar-refractivity contribution < 1.29 is 0 Å². The van der Waals surface area contributed by atoms with E-state index in [2.05, 4.69) is 47.5 Å². The summed E-state index contributed by atoms with van der Waals surface area (Å²) in [6.45, 7) is 8.66. The summed E-state index contributed by atoms with van der Waals surface area (Å²) in [5, 5.41) is 3.53. The van der Waals surface area contributed by atoms with E-state index >= 15 is 0 Å². The van der Waals surface area contributed by atoms with Crippen LogP contribution in [0.15, 0.2) is 30.3 Å². The van der Waals surface area contributed by atoms with E-state index in [4.69, 9.17) is 0 Å². The summed E-state index contributed by atoms with van der Waals surface area (Å²) in [6, 6.07) is 11.1. The summed E-state index contributed by atoms with van der Waals surface area (Å²) in [6.07, 6.45) is 4.07. The van der Waals surface area contributed by atoms with Crippen molar-refractivity contribution in [3.05, 3.63) is 35.9 Å². The Bertz CT molecular complexity index is 403. The molecular weight excluding hydrogens is 268 g/mol. The van der Waals surface area contributed by atoms with Crippen LogP contribution in [0.4, 0.5) is 0 Å². The Morgan fingerprint density at radius 2 is 2.10 bits per heavy atom. The van der Waals surface area contributed by atoms with Crippen LogP contribution in [0.1, 0.15) is 31.7 Å². The zero-order valence-electron chi connectivity index (χ0n) is 12.5. The highest BCUT2D eigenvalue weighted by Crippen LogP contribution is 2.34. The van der Waals surface area contributed by atoms with Crippen molar-refractivity contribution in [3.63, 3.8) is 0 Å². The van der Waals surface area contributed by atoms with Gasteiger partial charge in [-0.25, -0.2) is 0 Å². The third kappa shape index (κ3) is 3.55. The third-order valence-electron chi connectivity index (χ3n) is 4.94. The van der Waals surface area contributed by atoms with Crippen LogP contribution in [-0.4, -0.2) is 37.6 Å². The zero-order valence-corrected chi connectivity index (χ0v) is 13.3. The van der Waals surface area contributed by atoms with Gasteiger partial charge in [-0.05, 0) is 50.4 Å². The van der Waals surface area contributed by atoms with Crippen LogP contribution in [0.3, 0.4) is 0 Å². The van der Waals surface area contributed by atoms with Gasteiger partial charge in [-0.15, -0.1) is 12.4 Å². The van der Waals surface area contributed by atoms with Gasteiger partial charge in [-0.3, -0.25) is 0 Å². The molecule has 0 amide bonds. The second kappa shape index (κ2) is 6.93. The maximum absolute atomic E-state index is 3.53. The standard InChI is InChI=1S/C17H26N2.ClH/c1-17(16-7-3-2-4-8-16)9-11-19(14-17)13-15-6-5-10-18-12-15;/h2-4,7-8,15,18H,5-6,9-14H2,1H3;1H. The number of rotatable bonds is 3. The van der Waals surface area contributed by atoms with E-state index in [-0.39, 0.29) is 12.4 Å². The molecule has 2 aliphatic rings. The van der Waals surface area contributed by atoms with Crippen LogP contribution in [0.25, 0.3) is 0 Å². The lowest BCUT2D eigenvalue weighted by Gasteiger charge is -2.29. The number of nitrogens with one attached hydrogen (secondary N) is 1. The van der Waals surface area contributed by atoms with Crippen LogP contribution >= 0.6 is 12.4 Å². The quantitative estimate of drug-likeness (QED) is 0.922. The molecule has 0 spiro atoms. The van der Waals surface area contributed by atoms with E-state index in [1.807, 2.05) is 0 Å². The molecule has 2 nitrogen and oxygen atoms in total. The molecule has 1 aromatic rings. The molecule has 20 heavy (non-hydrogen) atoms. The number of nitrogens with zero attached hydrogens (tertiary/aromatic N) is 1. The fourth-order valence-corrected chi connectivity index (χ4v) is 3.73. The van der Waals surface area contributed by atoms with Gasteiger partial charge in [0.2, 0.25) is 0 Å². The minimum atomic E-state index is 0. The van der Waals surface area contributed by atoms with Gasteiger partial charge < -0.3 is 10.2 Å². The predicted molar refractivity (Wildman–Crippen MR) is 87.7 cm³/mol. The largest absolute Gasteiger partial charge is 0.316 e. The lowest BCUT2D eigenvalue weighted by molar-refractivity contribution is 0.234. The van der Waals surface area contributed by atoms with Crippen molar-refractivity contribution in [1.29, 1.82) is 0 Å². The van der Waals surface area contributed by atoms with E-state index in [0.717, 1.165) is 5.92 Å². The first-order chi connectivity index (χ1) is 9.26. The Morgan fingerprint density at radius 3 is 2.80 bits per heavy atom. The van der Waals surface area contributed by atoms with E-state index in [0.29, 0.717) is 5.41 Å². The first-order valence-electron chi connectivity index (χ1n) is 7.75. The molecule has 2 fully saturated rings. The maximum atomic E-state index is 3.53. The van der Waals surface area contributed by atoms with Crippen molar-refractivity contribution >= 4 is 12.4 Å². The highest BCUT2D eigenvalue weighted by molar-refractivity contribution is 5.85. The summed E-state index contributed by atoms with van der Waals surface area (Å²) < 4.78 is 0. The van der Waals surface area contributed by atoms with Crippen molar-refractivity contribution in [2.75, 3.05) is 32.7 Å². The van der Waals surface area contributed by atoms with Crippen LogP contribution in [0.5, 0.6) is 0 Å². The molecule has 3 heteroatoms. The Morgan fingerprint density at radius 1 is 1.30 bits per heavy atom. The average Bonchev–Trinajstić information content (AvgIpc) is 2.84. The van der Waals surface area contributed by atoms with Crippen molar-refractivity contribution in [1.82, 2.24) is 10.2 Å². The number of benzene rings is 1. The van der Waals surface area contributed by atoms with Gasteiger partial charge in [0.25, 0.3) is 0 Å². The SMILES string of the molecule is CC1(c2ccccc2)CCN(CC2CCCNC2)C1.Cl. The molecule has 0 saturated carbocycles. The van der Waals surface area contributed by atoms with E-state index in [9.17, 15) is 0 Å². The van der Waals surface area contributed by atoms with E-state index in [1.54, 1.807) is 0 Å². The molecule has 2 saturated heterocycles. The minimum absolute atomic E-state index is 0. The average molecular weight is 295 g/mol. The molecular formula is C17H27ClN2. The number of halogens is 1. The lowest BCUT2D eigenvalue weighted by atomic mass is 9.82. The van der Waals surface area contributed by atoms with E-state index < -0.39 is 0 Å². The fourth-order valence-electron chi connectivity index (χ4n) is 3.73. The Labute approximate surface area is 129 Å². The predicted octanol–water partition coefficient (Wildman–Crippen LogP) is 3.07. The molecule has 2 heterocycles. The molecule has 1 N–H and O–H groups in total. The van der Waals surface area contributed by atoms with Gasteiger partial charge in [-0.2, -0.15) is 0 Å². The van der Waals surface area contributed by atoms with Gasteiger partial charge in [0.05, 0.1) is 0 Å². The molecule has 3 rings (SSSR count). The van der Waals surface area contributed by atoms with Gasteiger partial charge in [0.15, 0.2) is 0 Å². The Balaban J connectivity index is 0.00000147. The van der Waals surface area contributed by atoms with Crippen LogP contribution in [0, 0.1) is 5.92 Å². The van der Waals surface area contributed by atoms with E-state index in [1.165, 1.54) is 57.5 Å². The molecule has 0 aliphatic carbocycles. The highest BCUT2D eigenvalue weighted by atomic mass is 35.5. The third-order valence-corrected chi connectivity index (χ3v) is 4.94. The second-order valence-electron chi connectivity index (χ2n) is 6.62.